The van der Waals surface area contributed by atoms with Crippen LogP contribution in [-0.4, -0.2) is 31.3 Å². The van der Waals surface area contributed by atoms with Gasteiger partial charge in [-0.1, -0.05) is 30.0 Å². The summed E-state index contributed by atoms with van der Waals surface area (Å²) in [4.78, 5) is 20.4. The van der Waals surface area contributed by atoms with Crippen LogP contribution in [0.2, 0.25) is 0 Å². The van der Waals surface area contributed by atoms with Crippen molar-refractivity contribution in [2.24, 2.45) is 0 Å². The molecule has 0 bridgehead atoms. The Morgan fingerprint density at radius 1 is 1.25 bits per heavy atom. The molecule has 122 valence electrons. The number of nitrogens with zero attached hydrogens (tertiary/aromatic N) is 3. The van der Waals surface area contributed by atoms with Crippen molar-refractivity contribution in [2.45, 2.75) is 17.3 Å². The van der Waals surface area contributed by atoms with Crippen molar-refractivity contribution in [3.8, 4) is 11.5 Å². The van der Waals surface area contributed by atoms with Crippen molar-refractivity contribution >= 4 is 23.4 Å². The second-order valence-corrected chi connectivity index (χ2v) is 6.25. The first-order valence-corrected chi connectivity index (χ1v) is 8.06. The first-order valence-electron chi connectivity index (χ1n) is 7.19. The number of hydrogen-bond donors (Lipinski definition) is 2. The maximum atomic E-state index is 12.9. The first kappa shape index (κ1) is 16.1. The van der Waals surface area contributed by atoms with E-state index in [0.717, 1.165) is 11.9 Å². The van der Waals surface area contributed by atoms with Crippen molar-refractivity contribution < 1.29 is 9.18 Å². The summed E-state index contributed by atoms with van der Waals surface area (Å²) in [6.07, 6.45) is 1.11. The van der Waals surface area contributed by atoms with Crippen LogP contribution < -0.4 is 5.32 Å². The highest BCUT2D eigenvalue weighted by molar-refractivity contribution is 8.00. The van der Waals surface area contributed by atoms with Crippen LogP contribution in [0.25, 0.3) is 11.5 Å². The van der Waals surface area contributed by atoms with Crippen LogP contribution in [0.15, 0.2) is 53.8 Å². The van der Waals surface area contributed by atoms with Gasteiger partial charge in [0, 0.05) is 5.69 Å². The lowest BCUT2D eigenvalue weighted by molar-refractivity contribution is -0.115. The number of nitrogens with one attached hydrogen (secondary N) is 2. The maximum Gasteiger partial charge on any atom is 0.237 e. The second-order valence-electron chi connectivity index (χ2n) is 4.94. The predicted octanol–water partition coefficient (Wildman–Crippen LogP) is 3.13. The van der Waals surface area contributed by atoms with E-state index in [1.807, 2.05) is 30.3 Å². The van der Waals surface area contributed by atoms with E-state index < -0.39 is 5.82 Å². The lowest BCUT2D eigenvalue weighted by atomic mass is 10.3. The van der Waals surface area contributed by atoms with E-state index in [9.17, 15) is 9.18 Å². The number of hydrogen-bond acceptors (Lipinski definition) is 5. The van der Waals surface area contributed by atoms with E-state index in [4.69, 9.17) is 0 Å². The molecule has 0 fully saturated rings. The number of amides is 1. The van der Waals surface area contributed by atoms with Crippen molar-refractivity contribution in [3.05, 3.63) is 54.5 Å². The molecule has 8 heteroatoms. The van der Waals surface area contributed by atoms with Gasteiger partial charge in [-0.15, -0.1) is 5.10 Å². The molecule has 0 saturated heterocycles. The molecule has 2 N–H and O–H groups in total. The zero-order chi connectivity index (χ0) is 16.9. The van der Waals surface area contributed by atoms with Crippen LogP contribution in [0.4, 0.5) is 10.1 Å². The number of anilines is 1. The number of pyridine rings is 1. The number of aromatic amines is 1. The molecule has 1 amide bonds. The first-order chi connectivity index (χ1) is 11.6. The fraction of sp³-hybridized carbons (Fsp3) is 0.125. The Hall–Kier alpha value is -2.74. The van der Waals surface area contributed by atoms with Crippen molar-refractivity contribution in [1.82, 2.24) is 20.2 Å². The number of rotatable bonds is 5. The predicted molar refractivity (Wildman–Crippen MR) is 90.0 cm³/mol. The van der Waals surface area contributed by atoms with E-state index in [2.05, 4.69) is 25.5 Å². The standard InChI is InChI=1S/C16H14FN5OS/c1-10(15(23)19-12-5-3-2-4-6-12)24-16-20-14(21-22-16)13-8-7-11(17)9-18-13/h2-10H,1H3,(H,19,23)(H,20,21,22). The van der Waals surface area contributed by atoms with Gasteiger partial charge in [0.2, 0.25) is 11.1 Å². The molecule has 2 aromatic heterocycles. The molecule has 0 spiro atoms. The minimum atomic E-state index is -0.418. The molecule has 1 aromatic carbocycles. The summed E-state index contributed by atoms with van der Waals surface area (Å²) in [5.74, 6) is -0.135. The lowest BCUT2D eigenvalue weighted by Gasteiger charge is -2.09. The van der Waals surface area contributed by atoms with Gasteiger partial charge in [0.25, 0.3) is 0 Å². The summed E-state index contributed by atoms with van der Waals surface area (Å²) in [7, 11) is 0. The monoisotopic (exact) mass is 343 g/mol. The van der Waals surface area contributed by atoms with E-state index in [1.54, 1.807) is 6.92 Å². The average molecular weight is 343 g/mol. The summed E-state index contributed by atoms with van der Waals surface area (Å²) < 4.78 is 12.9. The van der Waals surface area contributed by atoms with E-state index >= 15 is 0 Å². The van der Waals surface area contributed by atoms with Gasteiger partial charge in [-0.25, -0.2) is 9.37 Å². The summed E-state index contributed by atoms with van der Waals surface area (Å²) in [5, 5.41) is 9.66. The van der Waals surface area contributed by atoms with Crippen LogP contribution in [0.5, 0.6) is 0 Å². The van der Waals surface area contributed by atoms with Gasteiger partial charge < -0.3 is 5.32 Å². The summed E-state index contributed by atoms with van der Waals surface area (Å²) in [5.41, 5.74) is 1.22. The molecule has 0 aliphatic rings. The molecule has 3 rings (SSSR count). The fourth-order valence-corrected chi connectivity index (χ4v) is 2.63. The number of carbonyl (C=O) groups is 1. The largest absolute Gasteiger partial charge is 0.325 e. The van der Waals surface area contributed by atoms with Gasteiger partial charge in [0.15, 0.2) is 5.82 Å². The smallest absolute Gasteiger partial charge is 0.237 e. The number of halogens is 1. The van der Waals surface area contributed by atoms with Crippen LogP contribution >= 0.6 is 11.8 Å². The van der Waals surface area contributed by atoms with Gasteiger partial charge in [-0.05, 0) is 31.2 Å². The summed E-state index contributed by atoms with van der Waals surface area (Å²) in [6.45, 7) is 1.77. The minimum absolute atomic E-state index is 0.141. The molecule has 1 atom stereocenters. The Morgan fingerprint density at radius 2 is 2.04 bits per heavy atom. The van der Waals surface area contributed by atoms with Crippen LogP contribution in [0.3, 0.4) is 0 Å². The highest BCUT2D eigenvalue weighted by Crippen LogP contribution is 2.23. The lowest BCUT2D eigenvalue weighted by Crippen LogP contribution is -2.22. The molecule has 0 radical (unpaired) electrons. The zero-order valence-corrected chi connectivity index (χ0v) is 13.5. The fourth-order valence-electron chi connectivity index (χ4n) is 1.91. The highest BCUT2D eigenvalue weighted by atomic mass is 32.2. The van der Waals surface area contributed by atoms with Gasteiger partial charge in [-0.2, -0.15) is 4.98 Å². The topological polar surface area (TPSA) is 83.6 Å². The normalized spacial score (nSPS) is 11.9. The van der Waals surface area contributed by atoms with Gasteiger partial charge in [-0.3, -0.25) is 9.89 Å². The average Bonchev–Trinajstić information content (AvgIpc) is 3.05. The molecule has 0 saturated carbocycles. The number of thioether (sulfide) groups is 1. The summed E-state index contributed by atoms with van der Waals surface area (Å²) >= 11 is 1.22. The molecule has 1 unspecified atom stereocenters. The van der Waals surface area contributed by atoms with Crippen LogP contribution in [0.1, 0.15) is 6.92 Å². The molecular weight excluding hydrogens is 329 g/mol. The summed E-state index contributed by atoms with van der Waals surface area (Å²) in [6, 6.07) is 12.0. The third-order valence-corrected chi connectivity index (χ3v) is 4.09. The van der Waals surface area contributed by atoms with Gasteiger partial charge in [0.05, 0.1) is 11.4 Å². The van der Waals surface area contributed by atoms with E-state index in [0.29, 0.717) is 16.7 Å². The van der Waals surface area contributed by atoms with Crippen molar-refractivity contribution in [1.29, 1.82) is 0 Å². The zero-order valence-electron chi connectivity index (χ0n) is 12.7. The van der Waals surface area contributed by atoms with Crippen molar-refractivity contribution in [3.63, 3.8) is 0 Å². The Labute approximate surface area is 141 Å². The molecule has 24 heavy (non-hydrogen) atoms. The molecule has 2 heterocycles. The Kier molecular flexibility index (Phi) is 4.85. The number of carbonyl (C=O) groups excluding carboxylic acids is 1. The highest BCUT2D eigenvalue weighted by Gasteiger charge is 2.17. The third kappa shape index (κ3) is 3.96. The Balaban J connectivity index is 1.63. The molecular formula is C16H14FN5OS. The quantitative estimate of drug-likeness (QED) is 0.696. The number of benzene rings is 1. The molecule has 3 aromatic rings. The van der Waals surface area contributed by atoms with Gasteiger partial charge >= 0.3 is 0 Å². The second kappa shape index (κ2) is 7.22. The van der Waals surface area contributed by atoms with E-state index in [1.165, 1.54) is 23.9 Å². The van der Waals surface area contributed by atoms with Crippen LogP contribution in [-0.2, 0) is 4.79 Å². The molecule has 0 aliphatic carbocycles. The molecule has 0 aliphatic heterocycles. The molecule has 6 nitrogen and oxygen atoms in total. The number of aromatic nitrogens is 4. The minimum Gasteiger partial charge on any atom is -0.325 e. The van der Waals surface area contributed by atoms with Crippen molar-refractivity contribution in [2.75, 3.05) is 5.32 Å². The van der Waals surface area contributed by atoms with E-state index in [-0.39, 0.29) is 11.2 Å². The van der Waals surface area contributed by atoms with Gasteiger partial charge in [0.1, 0.15) is 11.5 Å². The SMILES string of the molecule is CC(Sc1n[nH]c(-c2ccc(F)cn2)n1)C(=O)Nc1ccccc1. The number of para-hydroxylation sites is 1. The Morgan fingerprint density at radius 3 is 2.75 bits per heavy atom. The maximum absolute atomic E-state index is 12.9. The van der Waals surface area contributed by atoms with Crippen LogP contribution in [0, 0.1) is 5.82 Å². The Bertz CT molecular complexity index is 822. The number of H-pyrrole nitrogens is 1. The third-order valence-electron chi connectivity index (χ3n) is 3.13.